The third-order valence-corrected chi connectivity index (χ3v) is 5.22. The number of rotatable bonds is 10. The second-order valence-electron chi connectivity index (χ2n) is 6.64. The molecule has 108 valence electrons. The van der Waals surface area contributed by atoms with E-state index in [4.69, 9.17) is 0 Å². The van der Waals surface area contributed by atoms with Crippen LogP contribution in [0.4, 0.5) is 0 Å². The van der Waals surface area contributed by atoms with E-state index < -0.39 is 0 Å². The Labute approximate surface area is 116 Å². The van der Waals surface area contributed by atoms with E-state index in [9.17, 15) is 0 Å². The van der Waals surface area contributed by atoms with Crippen molar-refractivity contribution in [1.29, 1.82) is 0 Å². The summed E-state index contributed by atoms with van der Waals surface area (Å²) in [7, 11) is 0. The van der Waals surface area contributed by atoms with Crippen LogP contribution < -0.4 is 0 Å². The van der Waals surface area contributed by atoms with Gasteiger partial charge in [-0.3, -0.25) is 0 Å². The van der Waals surface area contributed by atoms with Crippen molar-refractivity contribution in [1.82, 2.24) is 0 Å². The predicted molar refractivity (Wildman–Crippen MR) is 83.0 cm³/mol. The maximum atomic E-state index is 2.43. The van der Waals surface area contributed by atoms with E-state index >= 15 is 0 Å². The Morgan fingerprint density at radius 1 is 0.667 bits per heavy atom. The van der Waals surface area contributed by atoms with Crippen LogP contribution in [0.1, 0.15) is 110 Å². The van der Waals surface area contributed by atoms with Crippen LogP contribution in [-0.2, 0) is 0 Å². The van der Waals surface area contributed by atoms with E-state index in [1.807, 2.05) is 0 Å². The lowest BCUT2D eigenvalue weighted by atomic mass is 9.69. The molecule has 0 saturated heterocycles. The average Bonchev–Trinajstić information content (AvgIpc) is 2.43. The molecule has 0 heteroatoms. The molecule has 0 amide bonds. The van der Waals surface area contributed by atoms with E-state index in [1.54, 1.807) is 0 Å². The lowest BCUT2D eigenvalue weighted by Gasteiger charge is -2.36. The van der Waals surface area contributed by atoms with Crippen LogP contribution in [0.2, 0.25) is 0 Å². The number of hydrogen-bond acceptors (Lipinski definition) is 0. The van der Waals surface area contributed by atoms with Crippen LogP contribution in [-0.4, -0.2) is 0 Å². The number of unbranched alkanes of at least 4 members (excludes halogenated alkanes) is 7. The van der Waals surface area contributed by atoms with E-state index in [0.717, 1.165) is 5.41 Å². The SMILES string of the molecule is CCCCCCCCCCC1(CC)CCCCC1. The predicted octanol–water partition coefficient (Wildman–Crippen LogP) is 6.88. The molecule has 18 heavy (non-hydrogen) atoms. The summed E-state index contributed by atoms with van der Waals surface area (Å²) < 4.78 is 0. The quantitative estimate of drug-likeness (QED) is 0.372. The molecular formula is C18H36. The Morgan fingerprint density at radius 3 is 1.78 bits per heavy atom. The first-order valence-corrected chi connectivity index (χ1v) is 8.83. The summed E-state index contributed by atoms with van der Waals surface area (Å²) in [6.45, 7) is 4.73. The molecule has 0 aromatic heterocycles. The second-order valence-corrected chi connectivity index (χ2v) is 6.64. The van der Waals surface area contributed by atoms with Gasteiger partial charge in [-0.15, -0.1) is 0 Å². The zero-order valence-corrected chi connectivity index (χ0v) is 13.1. The van der Waals surface area contributed by atoms with Crippen molar-refractivity contribution < 1.29 is 0 Å². The normalized spacial score (nSPS) is 19.0. The monoisotopic (exact) mass is 252 g/mol. The number of hydrogen-bond donors (Lipinski definition) is 0. The van der Waals surface area contributed by atoms with Crippen LogP contribution in [0.25, 0.3) is 0 Å². The summed E-state index contributed by atoms with van der Waals surface area (Å²) in [5, 5.41) is 0. The van der Waals surface area contributed by atoms with Gasteiger partial charge in [-0.25, -0.2) is 0 Å². The molecule has 0 bridgehead atoms. The zero-order chi connectivity index (χ0) is 13.1. The van der Waals surface area contributed by atoms with Gasteiger partial charge in [0.25, 0.3) is 0 Å². The molecule has 0 unspecified atom stereocenters. The Balaban J connectivity index is 1.98. The molecule has 0 radical (unpaired) electrons. The minimum atomic E-state index is 0.764. The van der Waals surface area contributed by atoms with Gasteiger partial charge in [0.2, 0.25) is 0 Å². The van der Waals surface area contributed by atoms with Crippen molar-refractivity contribution in [2.24, 2.45) is 5.41 Å². The van der Waals surface area contributed by atoms with Gasteiger partial charge in [-0.1, -0.05) is 90.9 Å². The molecule has 1 rings (SSSR count). The van der Waals surface area contributed by atoms with Crippen LogP contribution in [0.5, 0.6) is 0 Å². The molecular weight excluding hydrogens is 216 g/mol. The lowest BCUT2D eigenvalue weighted by molar-refractivity contribution is 0.159. The molecule has 0 spiro atoms. The summed E-state index contributed by atoms with van der Waals surface area (Å²) in [6, 6.07) is 0. The van der Waals surface area contributed by atoms with E-state index in [-0.39, 0.29) is 0 Å². The van der Waals surface area contributed by atoms with Crippen molar-refractivity contribution in [3.63, 3.8) is 0 Å². The van der Waals surface area contributed by atoms with E-state index in [1.165, 1.54) is 96.3 Å². The van der Waals surface area contributed by atoms with Crippen molar-refractivity contribution in [2.75, 3.05) is 0 Å². The Kier molecular flexibility index (Phi) is 8.80. The molecule has 0 nitrogen and oxygen atoms in total. The van der Waals surface area contributed by atoms with Crippen LogP contribution >= 0.6 is 0 Å². The van der Waals surface area contributed by atoms with E-state index in [2.05, 4.69) is 13.8 Å². The molecule has 0 atom stereocenters. The van der Waals surface area contributed by atoms with Gasteiger partial charge in [0, 0.05) is 0 Å². The molecule has 0 N–H and O–H groups in total. The maximum Gasteiger partial charge on any atom is -0.0300 e. The summed E-state index contributed by atoms with van der Waals surface area (Å²) in [6.07, 6.45) is 22.3. The highest BCUT2D eigenvalue weighted by Crippen LogP contribution is 2.43. The molecule has 1 saturated carbocycles. The second kappa shape index (κ2) is 9.87. The molecule has 1 fully saturated rings. The van der Waals surface area contributed by atoms with Crippen molar-refractivity contribution >= 4 is 0 Å². The third-order valence-electron chi connectivity index (χ3n) is 5.22. The first kappa shape index (κ1) is 16.1. The molecule has 0 aliphatic heterocycles. The first-order valence-electron chi connectivity index (χ1n) is 8.83. The highest BCUT2D eigenvalue weighted by atomic mass is 14.3. The minimum Gasteiger partial charge on any atom is -0.0654 e. The summed E-state index contributed by atoms with van der Waals surface area (Å²) in [5.41, 5.74) is 0.764. The summed E-state index contributed by atoms with van der Waals surface area (Å²) in [4.78, 5) is 0. The zero-order valence-electron chi connectivity index (χ0n) is 13.1. The standard InChI is InChI=1S/C18H36/c1-3-5-6-7-8-9-10-12-15-18(4-2)16-13-11-14-17-18/h3-17H2,1-2H3. The summed E-state index contributed by atoms with van der Waals surface area (Å²) >= 11 is 0. The first-order chi connectivity index (χ1) is 8.83. The van der Waals surface area contributed by atoms with Gasteiger partial charge in [0.05, 0.1) is 0 Å². The minimum absolute atomic E-state index is 0.764. The van der Waals surface area contributed by atoms with Gasteiger partial charge >= 0.3 is 0 Å². The smallest absolute Gasteiger partial charge is 0.0300 e. The largest absolute Gasteiger partial charge is 0.0654 e. The van der Waals surface area contributed by atoms with Crippen LogP contribution in [0, 0.1) is 5.41 Å². The molecule has 0 aromatic carbocycles. The Hall–Kier alpha value is 0. The Morgan fingerprint density at radius 2 is 1.22 bits per heavy atom. The highest BCUT2D eigenvalue weighted by Gasteiger charge is 2.29. The van der Waals surface area contributed by atoms with Crippen molar-refractivity contribution in [2.45, 2.75) is 110 Å². The van der Waals surface area contributed by atoms with Crippen LogP contribution in [0.15, 0.2) is 0 Å². The Bertz CT molecular complexity index is 176. The molecule has 1 aliphatic rings. The molecule has 1 aliphatic carbocycles. The van der Waals surface area contributed by atoms with Gasteiger partial charge in [-0.05, 0) is 24.7 Å². The fraction of sp³-hybridized carbons (Fsp3) is 1.00. The van der Waals surface area contributed by atoms with Crippen LogP contribution in [0.3, 0.4) is 0 Å². The van der Waals surface area contributed by atoms with Gasteiger partial charge in [0.1, 0.15) is 0 Å². The van der Waals surface area contributed by atoms with Crippen molar-refractivity contribution in [3.8, 4) is 0 Å². The van der Waals surface area contributed by atoms with Crippen molar-refractivity contribution in [3.05, 3.63) is 0 Å². The van der Waals surface area contributed by atoms with Gasteiger partial charge in [-0.2, -0.15) is 0 Å². The highest BCUT2D eigenvalue weighted by molar-refractivity contribution is 4.81. The fourth-order valence-electron chi connectivity index (χ4n) is 3.72. The maximum absolute atomic E-state index is 2.43. The average molecular weight is 252 g/mol. The van der Waals surface area contributed by atoms with E-state index in [0.29, 0.717) is 0 Å². The summed E-state index contributed by atoms with van der Waals surface area (Å²) in [5.74, 6) is 0. The third kappa shape index (κ3) is 6.25. The van der Waals surface area contributed by atoms with Gasteiger partial charge in [0.15, 0.2) is 0 Å². The topological polar surface area (TPSA) is 0 Å². The fourth-order valence-corrected chi connectivity index (χ4v) is 3.72. The lowest BCUT2D eigenvalue weighted by Crippen LogP contribution is -2.23. The molecule has 0 heterocycles. The van der Waals surface area contributed by atoms with Gasteiger partial charge < -0.3 is 0 Å². The molecule has 0 aromatic rings.